The first kappa shape index (κ1) is 15.0. The van der Waals surface area contributed by atoms with Crippen LogP contribution >= 0.6 is 0 Å². The molecule has 1 aromatic carbocycles. The lowest BCUT2D eigenvalue weighted by Gasteiger charge is -2.21. The molecule has 0 saturated carbocycles. The van der Waals surface area contributed by atoms with Crippen molar-refractivity contribution >= 4 is 0 Å². The van der Waals surface area contributed by atoms with E-state index < -0.39 is 23.9 Å². The maximum Gasteiger partial charge on any atom is 0.416 e. The van der Waals surface area contributed by atoms with Gasteiger partial charge >= 0.3 is 6.18 Å². The van der Waals surface area contributed by atoms with Crippen LogP contribution in [0.25, 0.3) is 0 Å². The summed E-state index contributed by atoms with van der Waals surface area (Å²) in [5.41, 5.74) is 5.34. The number of hydrogen-bond donors (Lipinski definition) is 2. The van der Waals surface area contributed by atoms with E-state index in [2.05, 4.69) is 0 Å². The summed E-state index contributed by atoms with van der Waals surface area (Å²) in [7, 11) is 0. The molecule has 0 bridgehead atoms. The molecule has 18 heavy (non-hydrogen) atoms. The minimum atomic E-state index is -4.39. The molecule has 5 heteroatoms. The van der Waals surface area contributed by atoms with Crippen molar-refractivity contribution in [3.8, 4) is 0 Å². The summed E-state index contributed by atoms with van der Waals surface area (Å²) in [6, 6.07) is 4.00. The van der Waals surface area contributed by atoms with E-state index in [1.165, 1.54) is 12.1 Å². The van der Waals surface area contributed by atoms with Crippen LogP contribution in [-0.2, 0) is 6.18 Å². The largest absolute Gasteiger partial charge is 0.416 e. The van der Waals surface area contributed by atoms with Gasteiger partial charge in [0.25, 0.3) is 0 Å². The van der Waals surface area contributed by atoms with Gasteiger partial charge in [0.05, 0.1) is 17.7 Å². The van der Waals surface area contributed by atoms with Crippen molar-refractivity contribution in [2.24, 2.45) is 11.7 Å². The predicted molar refractivity (Wildman–Crippen MR) is 63.8 cm³/mol. The highest BCUT2D eigenvalue weighted by Gasteiger charge is 2.31. The Morgan fingerprint density at radius 3 is 2.39 bits per heavy atom. The van der Waals surface area contributed by atoms with Crippen LogP contribution in [0.5, 0.6) is 0 Å². The first-order chi connectivity index (χ1) is 8.21. The van der Waals surface area contributed by atoms with Gasteiger partial charge in [0, 0.05) is 0 Å². The molecular formula is C13H18F3NO. The zero-order valence-electron chi connectivity index (χ0n) is 10.4. The van der Waals surface area contributed by atoms with E-state index in [-0.39, 0.29) is 5.92 Å². The summed E-state index contributed by atoms with van der Waals surface area (Å²) in [6.45, 7) is 3.84. The molecule has 0 amide bonds. The molecule has 0 radical (unpaired) electrons. The molecule has 0 saturated heterocycles. The van der Waals surface area contributed by atoms with E-state index in [9.17, 15) is 18.3 Å². The van der Waals surface area contributed by atoms with E-state index >= 15 is 0 Å². The molecule has 102 valence electrons. The fourth-order valence-corrected chi connectivity index (χ4v) is 1.77. The fourth-order valence-electron chi connectivity index (χ4n) is 1.77. The second kappa shape index (κ2) is 5.71. The topological polar surface area (TPSA) is 46.2 Å². The highest BCUT2D eigenvalue weighted by atomic mass is 19.4. The van der Waals surface area contributed by atoms with Gasteiger partial charge in [0.15, 0.2) is 0 Å². The minimum Gasteiger partial charge on any atom is -0.391 e. The quantitative estimate of drug-likeness (QED) is 0.874. The second-order valence-electron chi connectivity index (χ2n) is 4.85. The first-order valence-electron chi connectivity index (χ1n) is 5.82. The number of benzene rings is 1. The van der Waals surface area contributed by atoms with Crippen LogP contribution in [0.15, 0.2) is 24.3 Å². The maximum absolute atomic E-state index is 12.5. The van der Waals surface area contributed by atoms with Crippen molar-refractivity contribution in [1.82, 2.24) is 0 Å². The monoisotopic (exact) mass is 261 g/mol. The van der Waals surface area contributed by atoms with Crippen molar-refractivity contribution in [2.75, 3.05) is 0 Å². The third-order valence-corrected chi connectivity index (χ3v) is 2.73. The molecule has 0 aliphatic rings. The third kappa shape index (κ3) is 3.99. The molecule has 0 aliphatic heterocycles. The van der Waals surface area contributed by atoms with Crippen LogP contribution in [0.2, 0.25) is 0 Å². The van der Waals surface area contributed by atoms with Gasteiger partial charge < -0.3 is 10.8 Å². The number of hydrogen-bond acceptors (Lipinski definition) is 2. The van der Waals surface area contributed by atoms with Crippen LogP contribution in [0.1, 0.15) is 37.4 Å². The summed E-state index contributed by atoms with van der Waals surface area (Å²) in [4.78, 5) is 0. The van der Waals surface area contributed by atoms with Crippen molar-refractivity contribution in [1.29, 1.82) is 0 Å². The number of aliphatic hydroxyl groups excluding tert-OH is 1. The molecule has 0 heterocycles. The summed E-state index contributed by atoms with van der Waals surface area (Å²) in [5.74, 6) is 0.233. The van der Waals surface area contributed by atoms with Crippen molar-refractivity contribution in [2.45, 2.75) is 38.6 Å². The molecule has 1 aromatic rings. The Labute approximate surface area is 105 Å². The van der Waals surface area contributed by atoms with Gasteiger partial charge in [-0.25, -0.2) is 0 Å². The van der Waals surface area contributed by atoms with Crippen LogP contribution in [0.3, 0.4) is 0 Å². The predicted octanol–water partition coefficient (Wildman–Crippen LogP) is 3.11. The lowest BCUT2D eigenvalue weighted by molar-refractivity contribution is -0.137. The average Bonchev–Trinajstić information content (AvgIpc) is 2.26. The maximum atomic E-state index is 12.5. The number of aliphatic hydroxyl groups is 1. The Kier molecular flexibility index (Phi) is 4.76. The van der Waals surface area contributed by atoms with Gasteiger partial charge in [-0.1, -0.05) is 26.0 Å². The van der Waals surface area contributed by atoms with Crippen molar-refractivity contribution in [3.05, 3.63) is 35.4 Å². The summed E-state index contributed by atoms with van der Waals surface area (Å²) in [5, 5.41) is 9.83. The lowest BCUT2D eigenvalue weighted by Crippen LogP contribution is -2.27. The Hall–Kier alpha value is -1.07. The van der Waals surface area contributed by atoms with E-state index in [0.29, 0.717) is 12.0 Å². The summed E-state index contributed by atoms with van der Waals surface area (Å²) in [6.07, 6.45) is -4.77. The lowest BCUT2D eigenvalue weighted by atomic mass is 9.94. The number of rotatable bonds is 4. The molecule has 0 aromatic heterocycles. The van der Waals surface area contributed by atoms with Crippen LogP contribution in [0, 0.1) is 5.92 Å². The highest BCUT2D eigenvalue weighted by molar-refractivity contribution is 5.28. The van der Waals surface area contributed by atoms with Gasteiger partial charge in [-0.2, -0.15) is 13.2 Å². The van der Waals surface area contributed by atoms with Gasteiger partial charge in [-0.05, 0) is 30.0 Å². The van der Waals surface area contributed by atoms with E-state index in [1.54, 1.807) is 0 Å². The smallest absolute Gasteiger partial charge is 0.391 e. The third-order valence-electron chi connectivity index (χ3n) is 2.73. The first-order valence-corrected chi connectivity index (χ1v) is 5.82. The normalized spacial score (nSPS) is 15.8. The molecule has 1 rings (SSSR count). The van der Waals surface area contributed by atoms with Crippen molar-refractivity contribution in [3.63, 3.8) is 0 Å². The molecule has 2 nitrogen and oxygen atoms in total. The Morgan fingerprint density at radius 2 is 1.89 bits per heavy atom. The zero-order valence-corrected chi connectivity index (χ0v) is 10.4. The van der Waals surface area contributed by atoms with Crippen LogP contribution < -0.4 is 5.73 Å². The molecule has 2 atom stereocenters. The van der Waals surface area contributed by atoms with Gasteiger partial charge in [0.2, 0.25) is 0 Å². The van der Waals surface area contributed by atoms with E-state index in [0.717, 1.165) is 12.1 Å². The Morgan fingerprint density at radius 1 is 1.28 bits per heavy atom. The second-order valence-corrected chi connectivity index (χ2v) is 4.85. The van der Waals surface area contributed by atoms with E-state index in [1.807, 2.05) is 13.8 Å². The van der Waals surface area contributed by atoms with Gasteiger partial charge in [-0.3, -0.25) is 0 Å². The SMILES string of the molecule is CC(C)C[C@H](O)[C@H](N)c1cccc(C(F)(F)F)c1. The van der Waals surface area contributed by atoms with Gasteiger partial charge in [0.1, 0.15) is 0 Å². The van der Waals surface area contributed by atoms with Crippen LogP contribution in [-0.4, -0.2) is 11.2 Å². The highest BCUT2D eigenvalue weighted by Crippen LogP contribution is 2.31. The molecule has 0 spiro atoms. The fraction of sp³-hybridized carbons (Fsp3) is 0.538. The minimum absolute atomic E-state index is 0.233. The zero-order chi connectivity index (χ0) is 13.9. The molecular weight excluding hydrogens is 243 g/mol. The van der Waals surface area contributed by atoms with E-state index in [4.69, 9.17) is 5.73 Å². The number of alkyl halides is 3. The van der Waals surface area contributed by atoms with Gasteiger partial charge in [-0.15, -0.1) is 0 Å². The molecule has 0 fully saturated rings. The van der Waals surface area contributed by atoms with Crippen LogP contribution in [0.4, 0.5) is 13.2 Å². The molecule has 0 unspecified atom stereocenters. The average molecular weight is 261 g/mol. The number of halogens is 3. The van der Waals surface area contributed by atoms with Crippen molar-refractivity contribution < 1.29 is 18.3 Å². The molecule has 0 aliphatic carbocycles. The Bertz CT molecular complexity index is 390. The summed E-state index contributed by atoms with van der Waals surface area (Å²) < 4.78 is 37.6. The molecule has 3 N–H and O–H groups in total. The number of nitrogens with two attached hydrogens (primary N) is 1. The Balaban J connectivity index is 2.89. The standard InChI is InChI=1S/C13H18F3NO/c1-8(2)6-11(18)12(17)9-4-3-5-10(7-9)13(14,15)16/h3-5,7-8,11-12,18H,6,17H2,1-2H3/t11-,12+/m0/s1. The summed E-state index contributed by atoms with van der Waals surface area (Å²) >= 11 is 0.